The molecule has 2 atom stereocenters. The molecule has 0 saturated carbocycles. The molecule has 1 rings (SSSR count). The zero-order valence-electron chi connectivity index (χ0n) is 13.8. The van der Waals surface area contributed by atoms with Crippen molar-refractivity contribution in [3.8, 4) is 11.5 Å². The lowest BCUT2D eigenvalue weighted by atomic mass is 10.2. The van der Waals surface area contributed by atoms with E-state index >= 15 is 0 Å². The summed E-state index contributed by atoms with van der Waals surface area (Å²) in [5, 5.41) is 3.92. The van der Waals surface area contributed by atoms with Gasteiger partial charge in [0.05, 0.1) is 11.8 Å². The lowest BCUT2D eigenvalue weighted by molar-refractivity contribution is 0.0364. The average Bonchev–Trinajstić information content (AvgIpc) is 2.44. The highest BCUT2D eigenvalue weighted by molar-refractivity contribution is 5.78. The Balaban J connectivity index is 2.38. The molecule has 0 saturated heterocycles. The Labute approximate surface area is 128 Å². The topological polar surface area (TPSA) is 40.0 Å². The van der Waals surface area contributed by atoms with E-state index in [0.717, 1.165) is 30.1 Å². The summed E-state index contributed by atoms with van der Waals surface area (Å²) in [5.74, 6) is 1.68. The molecule has 0 fully saturated rings. The van der Waals surface area contributed by atoms with Crippen molar-refractivity contribution in [2.45, 2.75) is 59.7 Å². The van der Waals surface area contributed by atoms with E-state index in [1.165, 1.54) is 0 Å². The number of hydrogen-bond acceptors (Lipinski definition) is 4. The van der Waals surface area contributed by atoms with Crippen molar-refractivity contribution < 1.29 is 14.3 Å². The Morgan fingerprint density at radius 1 is 1.05 bits per heavy atom. The number of rotatable bonds is 9. The smallest absolute Gasteiger partial charge is 0.158 e. The van der Waals surface area contributed by atoms with Crippen LogP contribution in [-0.2, 0) is 4.84 Å². The molecule has 4 heteroatoms. The fourth-order valence-corrected chi connectivity index (χ4v) is 1.75. The minimum Gasteiger partial charge on any atom is -0.491 e. The number of nitrogens with zero attached hydrogens (tertiary/aromatic N) is 1. The highest BCUT2D eigenvalue weighted by Gasteiger charge is 2.05. The third kappa shape index (κ3) is 7.59. The monoisotopic (exact) mass is 293 g/mol. The van der Waals surface area contributed by atoms with Crippen LogP contribution < -0.4 is 9.47 Å². The average molecular weight is 293 g/mol. The first kappa shape index (κ1) is 17.3. The van der Waals surface area contributed by atoms with Crippen molar-refractivity contribution in [1.82, 2.24) is 0 Å². The first-order chi connectivity index (χ1) is 10.0. The van der Waals surface area contributed by atoms with Gasteiger partial charge in [0.15, 0.2) is 6.10 Å². The van der Waals surface area contributed by atoms with Crippen molar-refractivity contribution in [1.29, 1.82) is 0 Å². The first-order valence-corrected chi connectivity index (χ1v) is 7.57. The molecule has 2 unspecified atom stereocenters. The maximum Gasteiger partial charge on any atom is 0.158 e. The summed E-state index contributed by atoms with van der Waals surface area (Å²) < 4.78 is 11.5. The minimum absolute atomic E-state index is 0.0830. The summed E-state index contributed by atoms with van der Waals surface area (Å²) in [7, 11) is 0. The molecule has 118 valence electrons. The van der Waals surface area contributed by atoms with Crippen molar-refractivity contribution in [3.63, 3.8) is 0 Å². The van der Waals surface area contributed by atoms with E-state index in [2.05, 4.69) is 19.0 Å². The van der Waals surface area contributed by atoms with Gasteiger partial charge in [0, 0.05) is 0 Å². The third-order valence-electron chi connectivity index (χ3n) is 2.76. The molecular weight excluding hydrogens is 266 g/mol. The SMILES string of the molecule is CCCC(C)Oc1ccc(OCC(C)ON=C(C)C)cc1. The summed E-state index contributed by atoms with van der Waals surface area (Å²) in [4.78, 5) is 5.27. The highest BCUT2D eigenvalue weighted by atomic mass is 16.6. The highest BCUT2D eigenvalue weighted by Crippen LogP contribution is 2.19. The van der Waals surface area contributed by atoms with E-state index in [9.17, 15) is 0 Å². The van der Waals surface area contributed by atoms with Gasteiger partial charge in [-0.15, -0.1) is 0 Å². The number of oxime groups is 1. The van der Waals surface area contributed by atoms with Gasteiger partial charge >= 0.3 is 0 Å². The number of ether oxygens (including phenoxy) is 2. The zero-order chi connectivity index (χ0) is 15.7. The van der Waals surface area contributed by atoms with Gasteiger partial charge in [-0.25, -0.2) is 0 Å². The Morgan fingerprint density at radius 3 is 2.24 bits per heavy atom. The molecule has 4 nitrogen and oxygen atoms in total. The van der Waals surface area contributed by atoms with E-state index in [1.54, 1.807) is 0 Å². The molecule has 0 spiro atoms. The summed E-state index contributed by atoms with van der Waals surface area (Å²) >= 11 is 0. The van der Waals surface area contributed by atoms with Gasteiger partial charge < -0.3 is 14.3 Å². The summed E-state index contributed by atoms with van der Waals surface area (Å²) in [5.41, 5.74) is 0.893. The van der Waals surface area contributed by atoms with Crippen LogP contribution in [0.1, 0.15) is 47.5 Å². The van der Waals surface area contributed by atoms with Crippen LogP contribution in [-0.4, -0.2) is 24.5 Å². The van der Waals surface area contributed by atoms with Gasteiger partial charge in [0.2, 0.25) is 0 Å². The molecule has 1 aromatic carbocycles. The Hall–Kier alpha value is -1.71. The molecule has 0 aliphatic heterocycles. The van der Waals surface area contributed by atoms with Crippen molar-refractivity contribution in [3.05, 3.63) is 24.3 Å². The molecule has 21 heavy (non-hydrogen) atoms. The van der Waals surface area contributed by atoms with Gasteiger partial charge in [-0.05, 0) is 58.4 Å². The number of hydrogen-bond donors (Lipinski definition) is 0. The molecule has 1 aromatic rings. The van der Waals surface area contributed by atoms with Crippen LogP contribution in [0, 0.1) is 0 Å². The van der Waals surface area contributed by atoms with Crippen LogP contribution in [0.25, 0.3) is 0 Å². The lowest BCUT2D eigenvalue weighted by Crippen LogP contribution is -2.16. The second kappa shape index (κ2) is 9.27. The number of benzene rings is 1. The molecule has 0 amide bonds. The van der Waals surface area contributed by atoms with E-state index in [1.807, 2.05) is 45.0 Å². The molecule has 0 N–H and O–H groups in total. The Bertz CT molecular complexity index is 424. The van der Waals surface area contributed by atoms with Crippen molar-refractivity contribution in [2.24, 2.45) is 5.16 Å². The van der Waals surface area contributed by atoms with E-state index < -0.39 is 0 Å². The second-order valence-electron chi connectivity index (χ2n) is 5.45. The van der Waals surface area contributed by atoms with Gasteiger partial charge in [0.1, 0.15) is 18.1 Å². The van der Waals surface area contributed by atoms with Crippen LogP contribution in [0.15, 0.2) is 29.4 Å². The quantitative estimate of drug-likeness (QED) is 0.499. The summed E-state index contributed by atoms with van der Waals surface area (Å²) in [6.07, 6.45) is 2.34. The van der Waals surface area contributed by atoms with Crippen LogP contribution in [0.2, 0.25) is 0 Å². The van der Waals surface area contributed by atoms with E-state index in [-0.39, 0.29) is 12.2 Å². The standard InChI is InChI=1S/C17H27NO3/c1-6-7-14(4)20-17-10-8-16(9-11-17)19-12-15(5)21-18-13(2)3/h8-11,14-15H,6-7,12H2,1-5H3. The van der Waals surface area contributed by atoms with Crippen LogP contribution in [0.5, 0.6) is 11.5 Å². The Kier molecular flexibility index (Phi) is 7.65. The fourth-order valence-electron chi connectivity index (χ4n) is 1.75. The van der Waals surface area contributed by atoms with E-state index in [0.29, 0.717) is 6.61 Å². The fraction of sp³-hybridized carbons (Fsp3) is 0.588. The molecule has 0 aliphatic carbocycles. The first-order valence-electron chi connectivity index (χ1n) is 7.57. The van der Waals surface area contributed by atoms with Crippen LogP contribution in [0.4, 0.5) is 0 Å². The normalized spacial score (nSPS) is 13.2. The molecule has 0 bridgehead atoms. The predicted molar refractivity (Wildman–Crippen MR) is 86.3 cm³/mol. The van der Waals surface area contributed by atoms with Gasteiger partial charge in [-0.1, -0.05) is 18.5 Å². The van der Waals surface area contributed by atoms with Crippen molar-refractivity contribution in [2.75, 3.05) is 6.61 Å². The van der Waals surface area contributed by atoms with Crippen molar-refractivity contribution >= 4 is 5.71 Å². The zero-order valence-corrected chi connectivity index (χ0v) is 13.8. The van der Waals surface area contributed by atoms with Gasteiger partial charge in [0.25, 0.3) is 0 Å². The molecule has 0 heterocycles. The largest absolute Gasteiger partial charge is 0.491 e. The minimum atomic E-state index is -0.0830. The predicted octanol–water partition coefficient (Wildman–Crippen LogP) is 4.43. The molecule has 0 radical (unpaired) electrons. The third-order valence-corrected chi connectivity index (χ3v) is 2.76. The van der Waals surface area contributed by atoms with Crippen LogP contribution >= 0.6 is 0 Å². The molecule has 0 aromatic heterocycles. The summed E-state index contributed by atoms with van der Waals surface area (Å²) in [6, 6.07) is 7.69. The van der Waals surface area contributed by atoms with Gasteiger partial charge in [-0.2, -0.15) is 0 Å². The van der Waals surface area contributed by atoms with E-state index in [4.69, 9.17) is 14.3 Å². The summed E-state index contributed by atoms with van der Waals surface area (Å²) in [6.45, 7) is 10.4. The second-order valence-corrected chi connectivity index (χ2v) is 5.45. The lowest BCUT2D eigenvalue weighted by Gasteiger charge is -2.15. The maximum absolute atomic E-state index is 5.80. The Morgan fingerprint density at radius 2 is 1.67 bits per heavy atom. The van der Waals surface area contributed by atoms with Gasteiger partial charge in [-0.3, -0.25) is 0 Å². The molecular formula is C17H27NO3. The molecule has 0 aliphatic rings. The van der Waals surface area contributed by atoms with Crippen LogP contribution in [0.3, 0.4) is 0 Å². The maximum atomic E-state index is 5.80.